The molecule has 0 saturated heterocycles. The van der Waals surface area contributed by atoms with Gasteiger partial charge in [0.1, 0.15) is 17.7 Å². The van der Waals surface area contributed by atoms with Crippen molar-refractivity contribution in [2.45, 2.75) is 117 Å². The van der Waals surface area contributed by atoms with Gasteiger partial charge in [0.2, 0.25) is 17.7 Å². The lowest BCUT2D eigenvalue weighted by molar-refractivity contribution is -0.138. The van der Waals surface area contributed by atoms with Crippen molar-refractivity contribution in [1.82, 2.24) is 31.2 Å². The van der Waals surface area contributed by atoms with Crippen LogP contribution in [0.4, 0.5) is 20.1 Å². The zero-order chi connectivity index (χ0) is 49.2. The zero-order valence-electron chi connectivity index (χ0n) is 38.5. The lowest BCUT2D eigenvalue weighted by Gasteiger charge is -2.39. The van der Waals surface area contributed by atoms with Gasteiger partial charge in [0, 0.05) is 54.6 Å². The van der Waals surface area contributed by atoms with Crippen LogP contribution in [-0.4, -0.2) is 110 Å². The van der Waals surface area contributed by atoms with Gasteiger partial charge in [0.25, 0.3) is 11.8 Å². The minimum atomic E-state index is -1.55. The number of nitrogens with one attached hydrogen (secondary N) is 5. The molecule has 5 atom stereocenters. The molecule has 3 unspecified atom stereocenters. The van der Waals surface area contributed by atoms with Crippen molar-refractivity contribution >= 4 is 65.4 Å². The van der Waals surface area contributed by atoms with E-state index in [0.29, 0.717) is 54.6 Å². The smallest absolute Gasteiger partial charge is 0.415 e. The lowest BCUT2D eigenvalue weighted by Crippen LogP contribution is -2.54. The van der Waals surface area contributed by atoms with Gasteiger partial charge >= 0.3 is 18.2 Å². The first-order valence-corrected chi connectivity index (χ1v) is 22.4. The maximum atomic E-state index is 13.6. The predicted octanol–water partition coefficient (Wildman–Crippen LogP) is 3.68. The normalized spacial score (nSPS) is 21.5. The van der Waals surface area contributed by atoms with Crippen molar-refractivity contribution in [3.63, 3.8) is 0 Å². The van der Waals surface area contributed by atoms with Gasteiger partial charge in [0.15, 0.2) is 5.78 Å². The van der Waals surface area contributed by atoms with E-state index in [2.05, 4.69) is 31.8 Å². The van der Waals surface area contributed by atoms with Crippen molar-refractivity contribution in [2.75, 3.05) is 18.4 Å². The van der Waals surface area contributed by atoms with Gasteiger partial charge in [-0.05, 0) is 112 Å². The highest BCUT2D eigenvalue weighted by Gasteiger charge is 2.70. The summed E-state index contributed by atoms with van der Waals surface area (Å²) in [5.74, 6) is -3.00. The second kappa shape index (κ2) is 22.0. The molecule has 1 spiro atoms. The highest BCUT2D eigenvalue weighted by atomic mass is 16.4. The summed E-state index contributed by atoms with van der Waals surface area (Å²) in [7, 11) is 0. The van der Waals surface area contributed by atoms with Crippen molar-refractivity contribution in [2.24, 2.45) is 28.1 Å². The van der Waals surface area contributed by atoms with Crippen molar-refractivity contribution < 1.29 is 53.4 Å². The SMILES string of the molecule is CC1=CC2=C(C)C3(CC3CCC=NNC(=O)N(Cc3ccc(NC(=O)[C@H](CCCNC(N)=O)NC(=O)[C@@H](NC(=O)CCCCCN4C(=O)C=CC4=O)C(C)C)cc3)C(=O)O)C(C)(O)C(=O)C2=C1. The number of primary amides is 1. The van der Waals surface area contributed by atoms with E-state index in [1.165, 1.54) is 42.6 Å². The molecule has 5 rings (SSSR count). The van der Waals surface area contributed by atoms with Crippen LogP contribution in [0.15, 0.2) is 76.0 Å². The number of anilines is 1. The van der Waals surface area contributed by atoms with E-state index in [-0.39, 0.29) is 74.0 Å². The third-order valence-corrected chi connectivity index (χ3v) is 12.8. The molecular formula is C47H61N9O11. The van der Waals surface area contributed by atoms with Gasteiger partial charge in [-0.15, -0.1) is 0 Å². The highest BCUT2D eigenvalue weighted by molar-refractivity contribution is 6.13. The van der Waals surface area contributed by atoms with Gasteiger partial charge in [-0.2, -0.15) is 5.10 Å². The number of fused-ring (bicyclic) bond motifs is 1. The van der Waals surface area contributed by atoms with E-state index in [9.17, 15) is 53.4 Å². The minimum absolute atomic E-state index is 0.00876. The molecule has 0 bridgehead atoms. The van der Waals surface area contributed by atoms with Crippen LogP contribution in [0.3, 0.4) is 0 Å². The Hall–Kier alpha value is -6.96. The first-order valence-electron chi connectivity index (χ1n) is 22.4. The number of aliphatic hydroxyl groups is 1. The zero-order valence-corrected chi connectivity index (χ0v) is 38.5. The first kappa shape index (κ1) is 51.0. The average Bonchev–Trinajstić information content (AvgIpc) is 3.75. The number of allylic oxidation sites excluding steroid dienone is 4. The third-order valence-electron chi connectivity index (χ3n) is 12.8. The first-order chi connectivity index (χ1) is 31.7. The number of carbonyl (C=O) groups excluding carboxylic acids is 8. The quantitative estimate of drug-likeness (QED) is 0.0359. The number of amides is 10. The van der Waals surface area contributed by atoms with Crippen LogP contribution in [0.5, 0.6) is 0 Å². The number of carboxylic acid groups (broad SMARTS) is 1. The second-order valence-corrected chi connectivity index (χ2v) is 17.9. The van der Waals surface area contributed by atoms with Crippen molar-refractivity contribution in [3.05, 3.63) is 76.4 Å². The fourth-order valence-electron chi connectivity index (χ4n) is 9.00. The number of nitrogens with two attached hydrogens (primary N) is 1. The van der Waals surface area contributed by atoms with E-state index < -0.39 is 59.0 Å². The number of hydrogen-bond donors (Lipinski definition) is 8. The van der Waals surface area contributed by atoms with Crippen molar-refractivity contribution in [1.29, 1.82) is 0 Å². The number of hydrazone groups is 1. The fraction of sp³-hybridized carbons (Fsp3) is 0.489. The Morgan fingerprint density at radius 2 is 1.64 bits per heavy atom. The number of benzene rings is 1. The number of hydrogen-bond acceptors (Lipinski definition) is 11. The molecule has 3 aliphatic carbocycles. The topological polar surface area (TPSA) is 299 Å². The molecule has 0 radical (unpaired) electrons. The molecule has 1 aliphatic heterocycles. The van der Waals surface area contributed by atoms with Crippen LogP contribution in [0.2, 0.25) is 0 Å². The third kappa shape index (κ3) is 12.3. The van der Waals surface area contributed by atoms with E-state index in [1.54, 1.807) is 26.8 Å². The summed E-state index contributed by atoms with van der Waals surface area (Å²) in [5.41, 5.74) is 9.22. The highest BCUT2D eigenvalue weighted by Crippen LogP contribution is 2.69. The Kier molecular flexibility index (Phi) is 16.8. The summed E-state index contributed by atoms with van der Waals surface area (Å²) in [6, 6.07) is 2.13. The molecule has 4 aliphatic rings. The number of carbonyl (C=O) groups is 9. The van der Waals surface area contributed by atoms with Crippen LogP contribution in [-0.2, 0) is 35.3 Å². The molecule has 9 N–H and O–H groups in total. The van der Waals surface area contributed by atoms with Crippen LogP contribution in [0, 0.1) is 17.3 Å². The Bertz CT molecular complexity index is 2300. The molecule has 67 heavy (non-hydrogen) atoms. The molecule has 1 aromatic rings. The standard InChI is InChI=1S/C47H61N9O11/c1-27(2)39(53-36(57)13-7-6-8-22-55-37(58)18-19-38(55)59)42(62)52-35(12-10-20-49-43(48)63)41(61)51-32-16-14-30(15-17-32)26-56(45(65)66)44(64)54-50-21-9-11-31-25-47(31)29(4)33-23-28(3)24-34(33)40(60)46(47,5)67/h14-19,21,23-24,27,31,35,39,67H,6-13,20,22,25-26H2,1-5H3,(H,51,61)(H,52,62)(H,53,57)(H,54,64)(H,65,66)(H3,48,49,63)/t31?,35-,39-,46?,47?/m0/s1. The van der Waals surface area contributed by atoms with Crippen molar-refractivity contribution in [3.8, 4) is 0 Å². The number of nitrogens with zero attached hydrogens (tertiary/aromatic N) is 3. The summed E-state index contributed by atoms with van der Waals surface area (Å²) >= 11 is 0. The average molecular weight is 928 g/mol. The Morgan fingerprint density at radius 1 is 0.955 bits per heavy atom. The maximum absolute atomic E-state index is 13.6. The molecular weight excluding hydrogens is 867 g/mol. The second-order valence-electron chi connectivity index (χ2n) is 17.9. The molecule has 10 amide bonds. The maximum Gasteiger partial charge on any atom is 0.415 e. The molecule has 1 aromatic carbocycles. The van der Waals surface area contributed by atoms with Crippen LogP contribution in [0.1, 0.15) is 98.0 Å². The van der Waals surface area contributed by atoms with Crippen LogP contribution in [0.25, 0.3) is 0 Å². The predicted molar refractivity (Wildman–Crippen MR) is 245 cm³/mol. The van der Waals surface area contributed by atoms with E-state index in [4.69, 9.17) is 5.73 Å². The Morgan fingerprint density at radius 3 is 2.28 bits per heavy atom. The molecule has 0 aromatic heterocycles. The molecule has 20 heteroatoms. The molecule has 1 heterocycles. The summed E-state index contributed by atoms with van der Waals surface area (Å²) in [5, 5.41) is 35.8. The Balaban J connectivity index is 1.11. The van der Waals surface area contributed by atoms with E-state index in [1.807, 2.05) is 19.9 Å². The van der Waals surface area contributed by atoms with Gasteiger partial charge in [-0.25, -0.2) is 24.7 Å². The van der Waals surface area contributed by atoms with Crippen LogP contribution >= 0.6 is 0 Å². The lowest BCUT2D eigenvalue weighted by atomic mass is 9.66. The van der Waals surface area contributed by atoms with Gasteiger partial charge in [0.05, 0.1) is 6.54 Å². The minimum Gasteiger partial charge on any atom is -0.465 e. The van der Waals surface area contributed by atoms with Gasteiger partial charge in [-0.3, -0.25) is 33.7 Å². The number of rotatable bonds is 22. The summed E-state index contributed by atoms with van der Waals surface area (Å²) < 4.78 is 0. The number of imide groups is 2. The Labute approximate surface area is 388 Å². The van der Waals surface area contributed by atoms with Crippen LogP contribution < -0.4 is 32.4 Å². The molecule has 1 saturated carbocycles. The summed E-state index contributed by atoms with van der Waals surface area (Å²) in [6.07, 6.45) is 9.66. The number of Topliss-reactive ketones (excluding diaryl/α,β-unsaturated/α-hetero) is 1. The monoisotopic (exact) mass is 927 g/mol. The largest absolute Gasteiger partial charge is 0.465 e. The number of urea groups is 2. The van der Waals surface area contributed by atoms with E-state index in [0.717, 1.165) is 21.6 Å². The van der Waals surface area contributed by atoms with E-state index >= 15 is 0 Å². The molecule has 20 nitrogen and oxygen atoms in total. The van der Waals surface area contributed by atoms with Gasteiger partial charge < -0.3 is 37.2 Å². The number of ketones is 1. The summed E-state index contributed by atoms with van der Waals surface area (Å²) in [6.45, 7) is 8.91. The number of unbranched alkanes of at least 4 members (excludes halogenated alkanes) is 2. The molecule has 360 valence electrons. The summed E-state index contributed by atoms with van der Waals surface area (Å²) in [4.78, 5) is 115. The van der Waals surface area contributed by atoms with Gasteiger partial charge in [-0.1, -0.05) is 44.1 Å². The fourth-order valence-corrected chi connectivity index (χ4v) is 9.00. The molecule has 1 fully saturated rings.